The van der Waals surface area contributed by atoms with Crippen LogP contribution in [0.1, 0.15) is 18.2 Å². The van der Waals surface area contributed by atoms with Crippen molar-refractivity contribution in [2.75, 3.05) is 0 Å². The van der Waals surface area contributed by atoms with Gasteiger partial charge in [-0.1, -0.05) is 31.3 Å². The van der Waals surface area contributed by atoms with Crippen molar-refractivity contribution in [2.45, 2.75) is 19.9 Å². The molecule has 1 heterocycles. The maximum Gasteiger partial charge on any atom is 0.123 e. The van der Waals surface area contributed by atoms with Gasteiger partial charge in [-0.15, -0.1) is 0 Å². The molecule has 0 unspecified atom stereocenters. The summed E-state index contributed by atoms with van der Waals surface area (Å²) in [5.41, 5.74) is 2.15. The third-order valence-electron chi connectivity index (χ3n) is 2.48. The van der Waals surface area contributed by atoms with E-state index in [0.717, 1.165) is 22.3 Å². The van der Waals surface area contributed by atoms with Gasteiger partial charge in [0, 0.05) is 5.69 Å². The van der Waals surface area contributed by atoms with Crippen molar-refractivity contribution in [1.29, 1.82) is 0 Å². The minimum atomic E-state index is -0.215. The molecule has 1 aromatic carbocycles. The van der Waals surface area contributed by atoms with Gasteiger partial charge in [-0.2, -0.15) is 0 Å². The zero-order chi connectivity index (χ0) is 11.5. The summed E-state index contributed by atoms with van der Waals surface area (Å²) in [4.78, 5) is 0. The molecule has 1 aromatic heterocycles. The first kappa shape index (κ1) is 11.1. The number of hydrogen-bond acceptors (Lipinski definition) is 1. The molecular weight excluding hydrogens is 223 g/mol. The molecule has 0 atom stereocenters. The second-order valence-electron chi connectivity index (χ2n) is 3.69. The number of nitrogens with zero attached hydrogens (tertiary/aromatic N) is 1. The lowest BCUT2D eigenvalue weighted by Crippen LogP contribution is -2.02. The van der Waals surface area contributed by atoms with Crippen LogP contribution in [0.2, 0.25) is 0 Å². The van der Waals surface area contributed by atoms with Crippen LogP contribution in [0.3, 0.4) is 0 Å². The predicted octanol–water partition coefficient (Wildman–Crippen LogP) is 3.30. The summed E-state index contributed by atoms with van der Waals surface area (Å²) in [5, 5.41) is 3.21. The Morgan fingerprint density at radius 2 is 2.00 bits per heavy atom. The Hall–Kier alpha value is -1.42. The van der Waals surface area contributed by atoms with Crippen molar-refractivity contribution >= 4 is 12.2 Å². The average molecular weight is 236 g/mol. The van der Waals surface area contributed by atoms with Gasteiger partial charge < -0.3 is 5.10 Å². The van der Waals surface area contributed by atoms with Gasteiger partial charge in [-0.05, 0) is 30.2 Å². The van der Waals surface area contributed by atoms with Crippen molar-refractivity contribution in [1.82, 2.24) is 9.78 Å². The summed E-state index contributed by atoms with van der Waals surface area (Å²) < 4.78 is 15.4. The van der Waals surface area contributed by atoms with Crippen LogP contribution in [0.4, 0.5) is 4.39 Å². The lowest BCUT2D eigenvalue weighted by Gasteiger charge is -2.03. The molecule has 84 valence electrons. The molecule has 4 heteroatoms. The van der Waals surface area contributed by atoms with E-state index in [0.29, 0.717) is 6.54 Å². The Labute approximate surface area is 98.7 Å². The Balaban J connectivity index is 2.23. The number of nitrogens with one attached hydrogen (secondary N) is 1. The molecule has 2 rings (SSSR count). The summed E-state index contributed by atoms with van der Waals surface area (Å²) in [6, 6.07) is 8.41. The fourth-order valence-corrected chi connectivity index (χ4v) is 1.81. The van der Waals surface area contributed by atoms with Gasteiger partial charge in [0.15, 0.2) is 0 Å². The van der Waals surface area contributed by atoms with Gasteiger partial charge in [0.05, 0.1) is 6.54 Å². The zero-order valence-corrected chi connectivity index (χ0v) is 9.85. The third kappa shape index (κ3) is 2.39. The molecule has 0 bridgehead atoms. The van der Waals surface area contributed by atoms with Crippen molar-refractivity contribution in [3.8, 4) is 0 Å². The Bertz CT molecular complexity index is 525. The van der Waals surface area contributed by atoms with Gasteiger partial charge in [0.25, 0.3) is 0 Å². The van der Waals surface area contributed by atoms with Crippen LogP contribution in [0.25, 0.3) is 0 Å². The van der Waals surface area contributed by atoms with E-state index < -0.39 is 0 Å². The summed E-state index contributed by atoms with van der Waals surface area (Å²) in [5.74, 6) is -0.215. The molecule has 0 aliphatic heterocycles. The van der Waals surface area contributed by atoms with E-state index in [9.17, 15) is 4.39 Å². The van der Waals surface area contributed by atoms with Crippen LogP contribution in [-0.4, -0.2) is 9.78 Å². The number of aromatic amines is 1. The average Bonchev–Trinajstić information content (AvgIpc) is 2.63. The van der Waals surface area contributed by atoms with Crippen LogP contribution < -0.4 is 0 Å². The standard InChI is InChI=1S/C12H13FN2S/c1-2-11-7-12(16)15(14-11)8-9-3-5-10(13)6-4-9/h3-7,14H,2,8H2,1H3. The fourth-order valence-electron chi connectivity index (χ4n) is 1.56. The number of benzene rings is 1. The van der Waals surface area contributed by atoms with E-state index in [4.69, 9.17) is 12.2 Å². The first-order chi connectivity index (χ1) is 7.69. The summed E-state index contributed by atoms with van der Waals surface area (Å²) >= 11 is 5.22. The lowest BCUT2D eigenvalue weighted by atomic mass is 10.2. The Kier molecular flexibility index (Phi) is 3.19. The minimum absolute atomic E-state index is 0.215. The molecule has 2 nitrogen and oxygen atoms in total. The van der Waals surface area contributed by atoms with Crippen LogP contribution in [0, 0.1) is 10.5 Å². The van der Waals surface area contributed by atoms with E-state index >= 15 is 0 Å². The van der Waals surface area contributed by atoms with Crippen LogP contribution in [0.5, 0.6) is 0 Å². The number of H-pyrrole nitrogens is 1. The first-order valence-corrected chi connectivity index (χ1v) is 5.63. The molecule has 0 saturated heterocycles. The molecule has 0 amide bonds. The predicted molar refractivity (Wildman–Crippen MR) is 64.5 cm³/mol. The highest BCUT2D eigenvalue weighted by atomic mass is 32.1. The largest absolute Gasteiger partial charge is 0.301 e. The molecule has 16 heavy (non-hydrogen) atoms. The summed E-state index contributed by atoms with van der Waals surface area (Å²) in [6.07, 6.45) is 0.931. The van der Waals surface area contributed by atoms with Crippen molar-refractivity contribution in [3.05, 3.63) is 52.0 Å². The van der Waals surface area contributed by atoms with Crippen molar-refractivity contribution < 1.29 is 4.39 Å². The molecule has 0 spiro atoms. The third-order valence-corrected chi connectivity index (χ3v) is 2.82. The molecule has 0 fully saturated rings. The number of halogens is 1. The summed E-state index contributed by atoms with van der Waals surface area (Å²) in [7, 11) is 0. The van der Waals surface area contributed by atoms with Gasteiger partial charge in [0.2, 0.25) is 0 Å². The monoisotopic (exact) mass is 236 g/mol. The summed E-state index contributed by atoms with van der Waals surface area (Å²) in [6.45, 7) is 2.72. The second-order valence-corrected chi connectivity index (χ2v) is 4.10. The number of rotatable bonds is 3. The van der Waals surface area contributed by atoms with E-state index in [1.807, 2.05) is 10.7 Å². The lowest BCUT2D eigenvalue weighted by molar-refractivity contribution is 0.623. The molecule has 0 radical (unpaired) electrons. The molecule has 0 saturated carbocycles. The van der Waals surface area contributed by atoms with Crippen molar-refractivity contribution in [3.63, 3.8) is 0 Å². The van der Waals surface area contributed by atoms with Gasteiger partial charge in [-0.3, -0.25) is 4.68 Å². The van der Waals surface area contributed by atoms with E-state index in [2.05, 4.69) is 12.0 Å². The maximum absolute atomic E-state index is 12.7. The SMILES string of the molecule is CCc1cc(=S)n(Cc2ccc(F)cc2)[nH]1. The highest BCUT2D eigenvalue weighted by molar-refractivity contribution is 7.71. The van der Waals surface area contributed by atoms with Gasteiger partial charge >= 0.3 is 0 Å². The number of aromatic nitrogens is 2. The Morgan fingerprint density at radius 1 is 1.31 bits per heavy atom. The molecular formula is C12H13FN2S. The fraction of sp³-hybridized carbons (Fsp3) is 0.250. The minimum Gasteiger partial charge on any atom is -0.301 e. The van der Waals surface area contributed by atoms with Crippen LogP contribution >= 0.6 is 12.2 Å². The van der Waals surface area contributed by atoms with Crippen LogP contribution in [-0.2, 0) is 13.0 Å². The quantitative estimate of drug-likeness (QED) is 0.811. The number of hydrogen-bond donors (Lipinski definition) is 1. The maximum atomic E-state index is 12.7. The molecule has 1 N–H and O–H groups in total. The van der Waals surface area contributed by atoms with E-state index in [1.165, 1.54) is 12.1 Å². The molecule has 0 aliphatic carbocycles. The Morgan fingerprint density at radius 3 is 2.56 bits per heavy atom. The van der Waals surface area contributed by atoms with Crippen molar-refractivity contribution in [2.24, 2.45) is 0 Å². The van der Waals surface area contributed by atoms with E-state index in [1.54, 1.807) is 12.1 Å². The zero-order valence-electron chi connectivity index (χ0n) is 9.03. The highest BCUT2D eigenvalue weighted by Gasteiger charge is 2.00. The van der Waals surface area contributed by atoms with Gasteiger partial charge in [0.1, 0.15) is 10.5 Å². The van der Waals surface area contributed by atoms with Gasteiger partial charge in [-0.25, -0.2) is 4.39 Å². The topological polar surface area (TPSA) is 20.7 Å². The van der Waals surface area contributed by atoms with Crippen LogP contribution in [0.15, 0.2) is 30.3 Å². The first-order valence-electron chi connectivity index (χ1n) is 5.22. The molecule has 0 aliphatic rings. The van der Waals surface area contributed by atoms with E-state index in [-0.39, 0.29) is 5.82 Å². The number of aryl methyl sites for hydroxylation is 1. The highest BCUT2D eigenvalue weighted by Crippen LogP contribution is 2.07. The normalized spacial score (nSPS) is 10.6. The second kappa shape index (κ2) is 4.61. The molecule has 2 aromatic rings. The smallest absolute Gasteiger partial charge is 0.123 e.